The molecule has 3 fully saturated rings. The number of aromatic nitrogens is 3. The lowest BCUT2D eigenvalue weighted by atomic mass is 10.0. The maximum absolute atomic E-state index is 13.8. The minimum Gasteiger partial charge on any atom is -0.457 e. The molecule has 0 unspecified atom stereocenters. The first-order valence-electron chi connectivity index (χ1n) is 22.4. The molecule has 3 aromatic carbocycles. The largest absolute Gasteiger partial charge is 0.457 e. The van der Waals surface area contributed by atoms with Crippen molar-refractivity contribution in [2.75, 3.05) is 56.0 Å². The van der Waals surface area contributed by atoms with Gasteiger partial charge in [-0.25, -0.2) is 9.97 Å². The average Bonchev–Trinajstić information content (AvgIpc) is 3.86. The number of hydrogen-bond acceptors (Lipinski definition) is 12. The number of hydrogen-bond donors (Lipinski definition) is 3. The van der Waals surface area contributed by atoms with Crippen LogP contribution in [-0.4, -0.2) is 123 Å². The number of ether oxygens (including phenoxy) is 1. The lowest BCUT2D eigenvalue weighted by Crippen LogP contribution is -2.54. The number of likely N-dealkylation sites (tertiary alicyclic amines) is 1. The Morgan fingerprint density at radius 2 is 1.55 bits per heavy atom. The van der Waals surface area contributed by atoms with E-state index in [1.165, 1.54) is 6.33 Å². The first kappa shape index (κ1) is 43.6. The molecule has 5 aromatic rings. The van der Waals surface area contributed by atoms with Gasteiger partial charge in [-0.1, -0.05) is 42.6 Å². The van der Waals surface area contributed by atoms with E-state index in [0.717, 1.165) is 81.8 Å². The third-order valence-electron chi connectivity index (χ3n) is 12.8. The molecule has 16 nitrogen and oxygen atoms in total. The highest BCUT2D eigenvalue weighted by Gasteiger charge is 2.45. The van der Waals surface area contributed by atoms with Crippen molar-refractivity contribution in [3.8, 4) is 11.5 Å². The number of unbranched alkanes of at least 4 members (excludes halogenated alkanes) is 3. The summed E-state index contributed by atoms with van der Waals surface area (Å²) in [4.78, 5) is 97.0. The molecule has 5 amide bonds. The van der Waals surface area contributed by atoms with Crippen molar-refractivity contribution in [2.24, 2.45) is 0 Å². The van der Waals surface area contributed by atoms with Gasteiger partial charge in [-0.15, -0.1) is 0 Å². The van der Waals surface area contributed by atoms with E-state index >= 15 is 0 Å². The van der Waals surface area contributed by atoms with E-state index in [0.29, 0.717) is 64.6 Å². The number of nitrogens with one attached hydrogen (secondary N) is 3. The summed E-state index contributed by atoms with van der Waals surface area (Å²) in [7, 11) is 0. The van der Waals surface area contributed by atoms with Crippen molar-refractivity contribution in [1.82, 2.24) is 35.0 Å². The van der Waals surface area contributed by atoms with Gasteiger partial charge in [-0.3, -0.25) is 43.9 Å². The predicted molar refractivity (Wildman–Crippen MR) is 243 cm³/mol. The number of ketones is 1. The zero-order valence-corrected chi connectivity index (χ0v) is 36.6. The fourth-order valence-corrected chi connectivity index (χ4v) is 9.50. The second-order valence-corrected chi connectivity index (χ2v) is 17.4. The van der Waals surface area contributed by atoms with Crippen molar-refractivity contribution < 1.29 is 33.5 Å². The van der Waals surface area contributed by atoms with Crippen LogP contribution in [0.1, 0.15) is 94.4 Å². The Kier molecular flexibility index (Phi) is 12.9. The first-order valence-corrected chi connectivity index (χ1v) is 22.8. The number of H-pyrrole nitrogens is 1. The van der Waals surface area contributed by atoms with Gasteiger partial charge in [0.2, 0.25) is 17.7 Å². The van der Waals surface area contributed by atoms with Crippen molar-refractivity contribution >= 4 is 69.5 Å². The molecule has 4 aliphatic heterocycles. The van der Waals surface area contributed by atoms with Gasteiger partial charge in [-0.05, 0) is 81.1 Å². The van der Waals surface area contributed by atoms with E-state index < -0.39 is 29.7 Å². The normalized spacial score (nSPS) is 18.3. The van der Waals surface area contributed by atoms with Crippen molar-refractivity contribution in [3.05, 3.63) is 107 Å². The standard InChI is InChI=1S/C48H50ClN9O7/c49-38-27-33(65-32-8-4-3-5-9-32)12-14-35(38)43(61)37-28-50-44-42(37)45(52-29-51-44)53-30-17-20-57(21-18-30)41(60)10-6-1-2-7-19-55-22-24-56(25-23-55)31-11-13-34-36(26-31)48(64)58(47(34)63)39-15-16-40(59)54-46(39)62/h3-5,8-9,11-14,26-30,39H,1-2,6-7,10,15-25H2,(H,54,59,62)(H2,50,51,52,53)/t39-/m0/s1. The number of carbonyl (C=O) groups is 6. The monoisotopic (exact) mass is 899 g/mol. The third-order valence-corrected chi connectivity index (χ3v) is 13.2. The van der Waals surface area contributed by atoms with Crippen LogP contribution in [-0.2, 0) is 14.4 Å². The highest BCUT2D eigenvalue weighted by Crippen LogP contribution is 2.34. The van der Waals surface area contributed by atoms with Crippen LogP contribution in [0.3, 0.4) is 0 Å². The number of piperidine rings is 2. The molecule has 4 aliphatic rings. The quantitative estimate of drug-likeness (QED) is 0.0613. The number of nitrogens with zero attached hydrogens (tertiary/aromatic N) is 6. The Bertz CT molecular complexity index is 2640. The van der Waals surface area contributed by atoms with Crippen LogP contribution in [0.4, 0.5) is 11.5 Å². The van der Waals surface area contributed by atoms with Crippen LogP contribution >= 0.6 is 11.6 Å². The first-order chi connectivity index (χ1) is 31.6. The fourth-order valence-electron chi connectivity index (χ4n) is 9.24. The van der Waals surface area contributed by atoms with Crippen LogP contribution in [0.25, 0.3) is 11.0 Å². The Balaban J connectivity index is 0.681. The predicted octanol–water partition coefficient (Wildman–Crippen LogP) is 6.21. The molecular weight excluding hydrogens is 850 g/mol. The molecule has 17 heteroatoms. The number of piperazine rings is 1. The molecule has 0 spiro atoms. The number of imide groups is 2. The van der Waals surface area contributed by atoms with E-state index in [1.54, 1.807) is 36.5 Å². The number of anilines is 2. The van der Waals surface area contributed by atoms with Gasteiger partial charge in [0, 0.05) is 81.7 Å². The zero-order valence-electron chi connectivity index (χ0n) is 35.9. The highest BCUT2D eigenvalue weighted by atomic mass is 35.5. The summed E-state index contributed by atoms with van der Waals surface area (Å²) in [5.74, 6) is -0.347. The van der Waals surface area contributed by atoms with Gasteiger partial charge in [0.05, 0.1) is 27.1 Å². The summed E-state index contributed by atoms with van der Waals surface area (Å²) in [5, 5.41) is 6.63. The number of amides is 5. The summed E-state index contributed by atoms with van der Waals surface area (Å²) in [5.41, 5.74) is 2.73. The second-order valence-electron chi connectivity index (χ2n) is 17.0. The minimum atomic E-state index is -0.981. The maximum atomic E-state index is 13.8. The number of benzene rings is 3. The van der Waals surface area contributed by atoms with Gasteiger partial charge in [0.1, 0.15) is 35.3 Å². The van der Waals surface area contributed by atoms with Crippen molar-refractivity contribution in [2.45, 2.75) is 69.9 Å². The van der Waals surface area contributed by atoms with Gasteiger partial charge in [0.25, 0.3) is 11.8 Å². The number of rotatable bonds is 15. The second kappa shape index (κ2) is 19.2. The molecule has 0 radical (unpaired) electrons. The number of para-hydroxylation sites is 1. The Labute approximate surface area is 380 Å². The zero-order chi connectivity index (χ0) is 45.0. The van der Waals surface area contributed by atoms with Gasteiger partial charge < -0.3 is 24.8 Å². The number of fused-ring (bicyclic) bond motifs is 2. The van der Waals surface area contributed by atoms with Crippen LogP contribution in [0.5, 0.6) is 11.5 Å². The van der Waals surface area contributed by atoms with E-state index in [2.05, 4.69) is 35.4 Å². The van der Waals surface area contributed by atoms with Crippen LogP contribution in [0.2, 0.25) is 5.02 Å². The molecule has 3 N–H and O–H groups in total. The lowest BCUT2D eigenvalue weighted by Gasteiger charge is -2.36. The van der Waals surface area contributed by atoms with Gasteiger partial charge in [0.15, 0.2) is 5.78 Å². The van der Waals surface area contributed by atoms with Crippen LogP contribution in [0.15, 0.2) is 79.3 Å². The SMILES string of the molecule is O=C1CC[C@H](N2C(=O)c3ccc(N4CCN(CCCCCCC(=O)N5CCC(Nc6ncnc7[nH]cc(C(=O)c8ccc(Oc9ccccc9)cc8Cl)c67)CC5)CC4)cc3C2=O)C(=O)N1. The summed E-state index contributed by atoms with van der Waals surface area (Å²) in [6, 6.07) is 18.7. The summed E-state index contributed by atoms with van der Waals surface area (Å²) in [6.07, 6.45) is 9.27. The summed E-state index contributed by atoms with van der Waals surface area (Å²) in [6.45, 7) is 5.57. The topological polar surface area (TPSA) is 190 Å². The minimum absolute atomic E-state index is 0.0657. The molecule has 336 valence electrons. The molecule has 3 saturated heterocycles. The van der Waals surface area contributed by atoms with Gasteiger partial charge >= 0.3 is 0 Å². The lowest BCUT2D eigenvalue weighted by molar-refractivity contribution is -0.136. The Morgan fingerprint density at radius 1 is 0.785 bits per heavy atom. The molecule has 1 atom stereocenters. The van der Waals surface area contributed by atoms with Gasteiger partial charge in [-0.2, -0.15) is 0 Å². The number of aromatic amines is 1. The highest BCUT2D eigenvalue weighted by molar-refractivity contribution is 6.36. The maximum Gasteiger partial charge on any atom is 0.262 e. The fraction of sp³-hybridized carbons (Fsp3) is 0.375. The van der Waals surface area contributed by atoms with Crippen molar-refractivity contribution in [3.63, 3.8) is 0 Å². The number of halogens is 1. The molecule has 0 saturated carbocycles. The number of carbonyl (C=O) groups excluding carboxylic acids is 6. The van der Waals surface area contributed by atoms with Crippen LogP contribution in [0, 0.1) is 0 Å². The van der Waals surface area contributed by atoms with E-state index in [9.17, 15) is 28.8 Å². The van der Waals surface area contributed by atoms with E-state index in [4.69, 9.17) is 16.3 Å². The molecule has 2 aromatic heterocycles. The molecule has 9 rings (SSSR count). The molecule has 65 heavy (non-hydrogen) atoms. The van der Waals surface area contributed by atoms with E-state index in [-0.39, 0.29) is 41.2 Å². The summed E-state index contributed by atoms with van der Waals surface area (Å²) < 4.78 is 5.89. The average molecular weight is 900 g/mol. The molecule has 0 bridgehead atoms. The smallest absolute Gasteiger partial charge is 0.262 e. The molecule has 0 aliphatic carbocycles. The molecule has 6 heterocycles. The van der Waals surface area contributed by atoms with Crippen molar-refractivity contribution in [1.29, 1.82) is 0 Å². The third kappa shape index (κ3) is 9.45. The van der Waals surface area contributed by atoms with E-state index in [1.807, 2.05) is 41.3 Å². The van der Waals surface area contributed by atoms with Crippen LogP contribution < -0.4 is 20.3 Å². The Hall–Kier alpha value is -6.65. The molecular formula is C48H50ClN9O7. The summed E-state index contributed by atoms with van der Waals surface area (Å²) >= 11 is 6.62. The Morgan fingerprint density at radius 3 is 2.32 bits per heavy atom.